The second kappa shape index (κ2) is 4.14. The Bertz CT molecular complexity index is 534. The molecule has 0 amide bonds. The smallest absolute Gasteiger partial charge is 0.170 e. The zero-order chi connectivity index (χ0) is 11.7. The molecule has 0 saturated carbocycles. The second-order valence-electron chi connectivity index (χ2n) is 4.07. The van der Waals surface area contributed by atoms with Crippen LogP contribution in [-0.4, -0.2) is 16.1 Å². The third-order valence-electron chi connectivity index (χ3n) is 2.95. The van der Waals surface area contributed by atoms with Gasteiger partial charge in [0, 0.05) is 0 Å². The van der Waals surface area contributed by atoms with Crippen LogP contribution < -0.4 is 0 Å². The molecule has 0 bridgehead atoms. The number of fused-ring (bicyclic) bond motifs is 1. The van der Waals surface area contributed by atoms with Gasteiger partial charge in [-0.2, -0.15) is 5.10 Å². The Balaban J connectivity index is 1.87. The van der Waals surface area contributed by atoms with Gasteiger partial charge in [-0.25, -0.2) is 0 Å². The highest BCUT2D eigenvalue weighted by molar-refractivity contribution is 5.71. The summed E-state index contributed by atoms with van der Waals surface area (Å²) in [5.74, 6) is 0. The minimum absolute atomic E-state index is 0.0168. The van der Waals surface area contributed by atoms with Crippen molar-refractivity contribution in [2.45, 2.75) is 19.3 Å². The van der Waals surface area contributed by atoms with Gasteiger partial charge in [0.15, 0.2) is 6.29 Å². The van der Waals surface area contributed by atoms with E-state index in [1.165, 1.54) is 0 Å². The lowest BCUT2D eigenvalue weighted by Gasteiger charge is -2.24. The van der Waals surface area contributed by atoms with E-state index in [0.29, 0.717) is 18.8 Å². The highest BCUT2D eigenvalue weighted by Crippen LogP contribution is 2.25. The summed E-state index contributed by atoms with van der Waals surface area (Å²) in [5, 5.41) is 4.21. The number of aromatic nitrogens is 2. The Labute approximate surface area is 98.8 Å². The Morgan fingerprint density at radius 2 is 2.18 bits per heavy atom. The van der Waals surface area contributed by atoms with Crippen molar-refractivity contribution < 1.29 is 9.53 Å². The molecule has 17 heavy (non-hydrogen) atoms. The Kier molecular flexibility index (Phi) is 2.49. The van der Waals surface area contributed by atoms with E-state index in [-0.39, 0.29) is 6.10 Å². The number of carbonyl (C=O) groups excluding carboxylic acids is 1. The van der Waals surface area contributed by atoms with Crippen LogP contribution in [-0.2, 0) is 17.9 Å². The summed E-state index contributed by atoms with van der Waals surface area (Å²) in [6.45, 7) is 1.16. The molecule has 86 valence electrons. The van der Waals surface area contributed by atoms with E-state index in [0.717, 1.165) is 17.5 Å². The van der Waals surface area contributed by atoms with Gasteiger partial charge >= 0.3 is 0 Å². The van der Waals surface area contributed by atoms with Crippen molar-refractivity contribution in [3.63, 3.8) is 0 Å². The highest BCUT2D eigenvalue weighted by atomic mass is 16.5. The molecule has 0 aliphatic carbocycles. The summed E-state index contributed by atoms with van der Waals surface area (Å²) in [4.78, 5) is 10.7. The topological polar surface area (TPSA) is 44.1 Å². The average molecular weight is 228 g/mol. The molecule has 1 aliphatic heterocycles. The van der Waals surface area contributed by atoms with Crippen LogP contribution in [0, 0.1) is 0 Å². The monoisotopic (exact) mass is 228 g/mol. The molecule has 0 unspecified atom stereocenters. The first-order chi connectivity index (χ1) is 8.36. The van der Waals surface area contributed by atoms with Crippen LogP contribution in [0.15, 0.2) is 36.4 Å². The molecule has 0 radical (unpaired) electrons. The zero-order valence-electron chi connectivity index (χ0n) is 9.24. The quantitative estimate of drug-likeness (QED) is 0.738. The van der Waals surface area contributed by atoms with Crippen molar-refractivity contribution >= 4 is 6.29 Å². The molecule has 0 saturated heterocycles. The van der Waals surface area contributed by atoms with Gasteiger partial charge in [-0.15, -0.1) is 0 Å². The van der Waals surface area contributed by atoms with Crippen LogP contribution in [0.5, 0.6) is 0 Å². The van der Waals surface area contributed by atoms with E-state index < -0.39 is 0 Å². The van der Waals surface area contributed by atoms with Gasteiger partial charge in [-0.05, 0) is 11.6 Å². The highest BCUT2D eigenvalue weighted by Gasteiger charge is 2.21. The molecule has 1 aromatic heterocycles. The molecule has 2 heterocycles. The molecule has 2 aromatic rings. The van der Waals surface area contributed by atoms with Gasteiger partial charge in [0.25, 0.3) is 0 Å². The zero-order valence-corrected chi connectivity index (χ0v) is 9.24. The van der Waals surface area contributed by atoms with Crippen LogP contribution in [0.4, 0.5) is 0 Å². The maximum absolute atomic E-state index is 10.7. The number of hydrogen-bond acceptors (Lipinski definition) is 3. The van der Waals surface area contributed by atoms with Crippen LogP contribution in [0.3, 0.4) is 0 Å². The van der Waals surface area contributed by atoms with E-state index in [1.54, 1.807) is 6.07 Å². The van der Waals surface area contributed by atoms with Crippen molar-refractivity contribution in [2.75, 3.05) is 0 Å². The van der Waals surface area contributed by atoms with Crippen molar-refractivity contribution in [3.8, 4) is 0 Å². The maximum Gasteiger partial charge on any atom is 0.170 e. The van der Waals surface area contributed by atoms with Crippen molar-refractivity contribution in [1.82, 2.24) is 9.78 Å². The fourth-order valence-corrected chi connectivity index (χ4v) is 2.07. The Hall–Kier alpha value is -1.94. The lowest BCUT2D eigenvalue weighted by Crippen LogP contribution is -2.21. The predicted molar refractivity (Wildman–Crippen MR) is 61.6 cm³/mol. The molecule has 4 nitrogen and oxygen atoms in total. The molecule has 0 N–H and O–H groups in total. The molecule has 3 rings (SSSR count). The van der Waals surface area contributed by atoms with Gasteiger partial charge in [0.2, 0.25) is 0 Å². The molecule has 1 aromatic carbocycles. The van der Waals surface area contributed by atoms with Gasteiger partial charge < -0.3 is 4.74 Å². The standard InChI is InChI=1S/C13H12N2O2/c16-8-11-6-12-9-17-13(7-15(12)14-11)10-4-2-1-3-5-10/h1-6,8,13H,7,9H2/t13-/m0/s1. The van der Waals surface area contributed by atoms with Crippen LogP contribution in [0.1, 0.15) is 27.8 Å². The number of rotatable bonds is 2. The normalized spacial score (nSPS) is 18.7. The van der Waals surface area contributed by atoms with Gasteiger partial charge in [-0.1, -0.05) is 30.3 Å². The number of benzene rings is 1. The fraction of sp³-hybridized carbons (Fsp3) is 0.231. The minimum atomic E-state index is 0.0168. The number of hydrogen-bond donors (Lipinski definition) is 0. The number of aldehydes is 1. The maximum atomic E-state index is 10.7. The summed E-state index contributed by atoms with van der Waals surface area (Å²) in [5.41, 5.74) is 2.57. The third-order valence-corrected chi connectivity index (χ3v) is 2.95. The summed E-state index contributed by atoms with van der Waals surface area (Å²) in [7, 11) is 0. The second-order valence-corrected chi connectivity index (χ2v) is 4.07. The molecule has 4 heteroatoms. The lowest BCUT2D eigenvalue weighted by molar-refractivity contribution is -0.00118. The van der Waals surface area contributed by atoms with Crippen LogP contribution >= 0.6 is 0 Å². The van der Waals surface area contributed by atoms with Crippen molar-refractivity contribution in [1.29, 1.82) is 0 Å². The van der Waals surface area contributed by atoms with E-state index in [9.17, 15) is 4.79 Å². The number of ether oxygens (including phenoxy) is 1. The first kappa shape index (κ1) is 10.2. The average Bonchev–Trinajstić information content (AvgIpc) is 2.81. The summed E-state index contributed by atoms with van der Waals surface area (Å²) in [6, 6.07) is 11.8. The fourth-order valence-electron chi connectivity index (χ4n) is 2.07. The molecule has 1 aliphatic rings. The first-order valence-electron chi connectivity index (χ1n) is 5.55. The predicted octanol–water partition coefficient (Wildman–Crippen LogP) is 1.97. The van der Waals surface area contributed by atoms with Crippen LogP contribution in [0.2, 0.25) is 0 Å². The third kappa shape index (κ3) is 1.87. The van der Waals surface area contributed by atoms with E-state index in [4.69, 9.17) is 4.74 Å². The Morgan fingerprint density at radius 1 is 1.35 bits per heavy atom. The number of carbonyl (C=O) groups is 1. The number of nitrogens with zero attached hydrogens (tertiary/aromatic N) is 2. The summed E-state index contributed by atoms with van der Waals surface area (Å²) < 4.78 is 7.62. The van der Waals surface area contributed by atoms with Gasteiger partial charge in [0.05, 0.1) is 18.8 Å². The van der Waals surface area contributed by atoms with Crippen molar-refractivity contribution in [3.05, 3.63) is 53.3 Å². The summed E-state index contributed by atoms with van der Waals surface area (Å²) >= 11 is 0. The first-order valence-corrected chi connectivity index (χ1v) is 5.55. The lowest BCUT2D eigenvalue weighted by atomic mass is 10.1. The minimum Gasteiger partial charge on any atom is -0.365 e. The molecular weight excluding hydrogens is 216 g/mol. The van der Waals surface area contributed by atoms with Gasteiger partial charge in [0.1, 0.15) is 11.8 Å². The van der Waals surface area contributed by atoms with Crippen LogP contribution in [0.25, 0.3) is 0 Å². The Morgan fingerprint density at radius 3 is 2.94 bits per heavy atom. The van der Waals surface area contributed by atoms with E-state index >= 15 is 0 Å². The summed E-state index contributed by atoms with van der Waals surface area (Å²) in [6.07, 6.45) is 0.783. The van der Waals surface area contributed by atoms with E-state index in [2.05, 4.69) is 5.10 Å². The SMILES string of the molecule is O=Cc1cc2n(n1)C[C@@H](c1ccccc1)OC2. The molecule has 1 atom stereocenters. The van der Waals surface area contributed by atoms with Gasteiger partial charge in [-0.3, -0.25) is 9.48 Å². The molecule has 0 spiro atoms. The largest absolute Gasteiger partial charge is 0.365 e. The van der Waals surface area contributed by atoms with Crippen molar-refractivity contribution in [2.24, 2.45) is 0 Å². The molecular formula is C13H12N2O2. The molecule has 0 fully saturated rings. The van der Waals surface area contributed by atoms with E-state index in [1.807, 2.05) is 35.0 Å².